The second kappa shape index (κ2) is 2.57. The SMILES string of the molecule is CO[C@H]1C2CC3CC(C2)C(=O)C1C3. The van der Waals surface area contributed by atoms with Gasteiger partial charge in [-0.25, -0.2) is 0 Å². The van der Waals surface area contributed by atoms with Crippen LogP contribution < -0.4 is 0 Å². The largest absolute Gasteiger partial charge is 0.380 e. The first-order chi connectivity index (χ1) is 6.29. The van der Waals surface area contributed by atoms with Crippen LogP contribution in [0.1, 0.15) is 25.7 Å². The van der Waals surface area contributed by atoms with Crippen LogP contribution in [0.25, 0.3) is 0 Å². The monoisotopic (exact) mass is 180 g/mol. The number of rotatable bonds is 1. The lowest BCUT2D eigenvalue weighted by Gasteiger charge is -2.52. The summed E-state index contributed by atoms with van der Waals surface area (Å²) in [7, 11) is 1.76. The smallest absolute Gasteiger partial charge is 0.141 e. The third kappa shape index (κ3) is 0.954. The molecule has 0 spiro atoms. The number of Topliss-reactive ketones (excluding diaryl/α,β-unsaturated/α-hetero) is 1. The van der Waals surface area contributed by atoms with Gasteiger partial charge >= 0.3 is 0 Å². The van der Waals surface area contributed by atoms with Crippen molar-refractivity contribution in [2.45, 2.75) is 31.8 Å². The Kier molecular flexibility index (Phi) is 1.58. The van der Waals surface area contributed by atoms with Gasteiger partial charge in [0.2, 0.25) is 0 Å². The lowest BCUT2D eigenvalue weighted by molar-refractivity contribution is -0.158. The Labute approximate surface area is 78.6 Å². The van der Waals surface area contributed by atoms with Gasteiger partial charge in [-0.2, -0.15) is 0 Å². The Morgan fingerprint density at radius 2 is 2.08 bits per heavy atom. The zero-order valence-corrected chi connectivity index (χ0v) is 8.03. The Hall–Kier alpha value is -0.370. The molecule has 4 saturated carbocycles. The van der Waals surface area contributed by atoms with Crippen LogP contribution in [-0.2, 0) is 9.53 Å². The van der Waals surface area contributed by atoms with E-state index in [1.807, 2.05) is 0 Å². The van der Waals surface area contributed by atoms with Gasteiger partial charge < -0.3 is 4.74 Å². The standard InChI is InChI=1S/C11H16O2/c1-13-11-8-3-6-2-7(5-8)10(12)9(11)4-6/h6-9,11H,2-5H2,1H3/t6?,7?,8?,9?,11-/m0/s1. The van der Waals surface area contributed by atoms with Crippen molar-refractivity contribution >= 4 is 5.78 Å². The quantitative estimate of drug-likeness (QED) is 0.613. The molecule has 5 atom stereocenters. The van der Waals surface area contributed by atoms with Crippen molar-refractivity contribution in [3.8, 4) is 0 Å². The van der Waals surface area contributed by atoms with Gasteiger partial charge in [0.1, 0.15) is 5.78 Å². The molecule has 0 amide bonds. The van der Waals surface area contributed by atoms with Crippen molar-refractivity contribution < 1.29 is 9.53 Å². The number of carbonyl (C=O) groups is 1. The Morgan fingerprint density at radius 3 is 2.85 bits per heavy atom. The summed E-state index contributed by atoms with van der Waals surface area (Å²) in [6.07, 6.45) is 5.00. The summed E-state index contributed by atoms with van der Waals surface area (Å²) in [5, 5.41) is 0. The minimum atomic E-state index is 0.264. The lowest BCUT2D eigenvalue weighted by Crippen LogP contribution is -2.54. The number of hydrogen-bond donors (Lipinski definition) is 0. The Morgan fingerprint density at radius 1 is 1.23 bits per heavy atom. The number of hydrogen-bond acceptors (Lipinski definition) is 2. The van der Waals surface area contributed by atoms with E-state index in [9.17, 15) is 4.79 Å². The summed E-state index contributed by atoms with van der Waals surface area (Å²) >= 11 is 0. The van der Waals surface area contributed by atoms with Gasteiger partial charge in [0.15, 0.2) is 0 Å². The highest BCUT2D eigenvalue weighted by Crippen LogP contribution is 2.52. The first-order valence-corrected chi connectivity index (χ1v) is 5.36. The van der Waals surface area contributed by atoms with Gasteiger partial charge in [0.25, 0.3) is 0 Å². The molecular formula is C11H16O2. The molecule has 2 heteroatoms. The molecule has 0 aromatic carbocycles. The molecule has 4 aliphatic carbocycles. The van der Waals surface area contributed by atoms with Crippen LogP contribution in [0.4, 0.5) is 0 Å². The Bertz CT molecular complexity index is 248. The van der Waals surface area contributed by atoms with Crippen molar-refractivity contribution in [1.82, 2.24) is 0 Å². The average Bonchev–Trinajstić information content (AvgIpc) is 2.13. The molecule has 4 rings (SSSR count). The van der Waals surface area contributed by atoms with Crippen molar-refractivity contribution in [3.05, 3.63) is 0 Å². The van der Waals surface area contributed by atoms with E-state index in [0.717, 1.165) is 18.8 Å². The van der Waals surface area contributed by atoms with Gasteiger partial charge in [-0.3, -0.25) is 4.79 Å². The molecule has 4 aliphatic rings. The van der Waals surface area contributed by atoms with Crippen LogP contribution >= 0.6 is 0 Å². The van der Waals surface area contributed by atoms with Crippen LogP contribution in [0.3, 0.4) is 0 Å². The molecule has 2 nitrogen and oxygen atoms in total. The van der Waals surface area contributed by atoms with Gasteiger partial charge in [0.05, 0.1) is 6.10 Å². The number of ketones is 1. The number of ether oxygens (including phenoxy) is 1. The van der Waals surface area contributed by atoms with E-state index in [1.54, 1.807) is 7.11 Å². The summed E-state index contributed by atoms with van der Waals surface area (Å²) in [4.78, 5) is 11.9. The van der Waals surface area contributed by atoms with E-state index in [1.165, 1.54) is 12.8 Å². The fourth-order valence-corrected chi connectivity index (χ4v) is 3.94. The van der Waals surface area contributed by atoms with E-state index in [-0.39, 0.29) is 12.0 Å². The van der Waals surface area contributed by atoms with E-state index >= 15 is 0 Å². The normalized spacial score (nSPS) is 53.0. The van der Waals surface area contributed by atoms with Crippen molar-refractivity contribution in [1.29, 1.82) is 0 Å². The Balaban J connectivity index is 1.94. The predicted molar refractivity (Wildman–Crippen MR) is 48.2 cm³/mol. The molecule has 0 saturated heterocycles. The summed E-state index contributed by atoms with van der Waals surface area (Å²) in [5.41, 5.74) is 0. The van der Waals surface area contributed by atoms with Crippen LogP contribution in [0, 0.1) is 23.7 Å². The highest BCUT2D eigenvalue weighted by Gasteiger charge is 2.53. The van der Waals surface area contributed by atoms with E-state index < -0.39 is 0 Å². The summed E-state index contributed by atoms with van der Waals surface area (Å²) < 4.78 is 5.48. The molecule has 4 unspecified atom stereocenters. The topological polar surface area (TPSA) is 26.3 Å². The number of methoxy groups -OCH3 is 1. The molecule has 13 heavy (non-hydrogen) atoms. The molecule has 4 bridgehead atoms. The molecule has 0 aromatic rings. The third-order valence-electron chi connectivity index (χ3n) is 4.33. The minimum absolute atomic E-state index is 0.264. The molecule has 4 fully saturated rings. The van der Waals surface area contributed by atoms with E-state index in [2.05, 4.69) is 0 Å². The fourth-order valence-electron chi connectivity index (χ4n) is 3.94. The van der Waals surface area contributed by atoms with Crippen LogP contribution in [-0.4, -0.2) is 19.0 Å². The fraction of sp³-hybridized carbons (Fsp3) is 0.909. The maximum atomic E-state index is 11.9. The minimum Gasteiger partial charge on any atom is -0.380 e. The molecule has 0 heterocycles. The average molecular weight is 180 g/mol. The van der Waals surface area contributed by atoms with Crippen LogP contribution in [0.5, 0.6) is 0 Å². The van der Waals surface area contributed by atoms with Gasteiger partial charge in [0, 0.05) is 18.9 Å². The summed E-state index contributed by atoms with van der Waals surface area (Å²) in [6.45, 7) is 0. The molecule has 0 aliphatic heterocycles. The molecular weight excluding hydrogens is 164 g/mol. The maximum absolute atomic E-state index is 11.9. The van der Waals surface area contributed by atoms with Crippen LogP contribution in [0.15, 0.2) is 0 Å². The van der Waals surface area contributed by atoms with Crippen LogP contribution in [0.2, 0.25) is 0 Å². The second-order valence-electron chi connectivity index (χ2n) is 4.98. The zero-order valence-electron chi connectivity index (χ0n) is 8.03. The van der Waals surface area contributed by atoms with E-state index in [0.29, 0.717) is 17.6 Å². The van der Waals surface area contributed by atoms with Crippen molar-refractivity contribution in [2.75, 3.05) is 7.11 Å². The van der Waals surface area contributed by atoms with Gasteiger partial charge in [-0.05, 0) is 37.5 Å². The molecule has 0 N–H and O–H groups in total. The van der Waals surface area contributed by atoms with Gasteiger partial charge in [-0.1, -0.05) is 0 Å². The molecule has 0 aromatic heterocycles. The first kappa shape index (κ1) is 7.98. The summed E-state index contributed by atoms with van der Waals surface area (Å²) in [5.74, 6) is 2.73. The predicted octanol–water partition coefficient (Wildman–Crippen LogP) is 1.64. The molecule has 0 radical (unpaired) electrons. The van der Waals surface area contributed by atoms with Gasteiger partial charge in [-0.15, -0.1) is 0 Å². The zero-order chi connectivity index (χ0) is 9.00. The van der Waals surface area contributed by atoms with Crippen molar-refractivity contribution in [2.24, 2.45) is 23.7 Å². The maximum Gasteiger partial charge on any atom is 0.141 e. The van der Waals surface area contributed by atoms with Crippen molar-refractivity contribution in [3.63, 3.8) is 0 Å². The number of carbonyl (C=O) groups excluding carboxylic acids is 1. The highest BCUT2D eigenvalue weighted by molar-refractivity contribution is 5.86. The highest BCUT2D eigenvalue weighted by atomic mass is 16.5. The third-order valence-corrected chi connectivity index (χ3v) is 4.33. The first-order valence-electron chi connectivity index (χ1n) is 5.36. The molecule has 72 valence electrons. The van der Waals surface area contributed by atoms with E-state index in [4.69, 9.17) is 4.74 Å². The summed E-state index contributed by atoms with van der Waals surface area (Å²) in [6, 6.07) is 0. The lowest BCUT2D eigenvalue weighted by atomic mass is 9.54. The second-order valence-corrected chi connectivity index (χ2v) is 4.98.